The summed E-state index contributed by atoms with van der Waals surface area (Å²) in [6.07, 6.45) is 1.62. The summed E-state index contributed by atoms with van der Waals surface area (Å²) in [5.74, 6) is -0.333. The molecule has 8 nitrogen and oxygen atoms in total. The van der Waals surface area contributed by atoms with Gasteiger partial charge in [0.15, 0.2) is 5.54 Å². The number of nitrogens with one attached hydrogen (secondary N) is 1. The predicted molar refractivity (Wildman–Crippen MR) is 132 cm³/mol. The number of carbonyl (C=O) groups excluding carboxylic acids is 1. The van der Waals surface area contributed by atoms with Gasteiger partial charge in [0.25, 0.3) is 11.9 Å². The molecular weight excluding hydrogens is 456 g/mol. The minimum atomic E-state index is -1.37. The average molecular weight is 481 g/mol. The highest BCUT2D eigenvalue weighted by Gasteiger charge is 2.73. The lowest BCUT2D eigenvalue weighted by Crippen LogP contribution is -2.55. The Morgan fingerprint density at radius 2 is 1.86 bits per heavy atom. The van der Waals surface area contributed by atoms with Crippen LogP contribution in [0.5, 0.6) is 5.75 Å². The molecule has 0 unspecified atom stereocenters. The summed E-state index contributed by atoms with van der Waals surface area (Å²) in [6.45, 7) is 0.783. The first-order valence-electron chi connectivity index (χ1n) is 12.1. The number of carbonyl (C=O) groups is 1. The van der Waals surface area contributed by atoms with Crippen LogP contribution in [0.1, 0.15) is 41.0 Å². The van der Waals surface area contributed by atoms with Crippen LogP contribution in [0.15, 0.2) is 72.8 Å². The first-order valence-corrected chi connectivity index (χ1v) is 12.1. The lowest BCUT2D eigenvalue weighted by molar-refractivity contribution is -0.534. The number of nitro groups is 1. The highest BCUT2D eigenvalue weighted by atomic mass is 16.6. The van der Waals surface area contributed by atoms with E-state index < -0.39 is 17.5 Å². The number of hydrogen-bond donors (Lipinski definition) is 1. The zero-order valence-corrected chi connectivity index (χ0v) is 19.5. The van der Waals surface area contributed by atoms with Gasteiger partial charge in [-0.1, -0.05) is 54.6 Å². The second-order valence-corrected chi connectivity index (χ2v) is 9.52. The second kappa shape index (κ2) is 8.47. The molecule has 4 atom stereocenters. The zero-order valence-electron chi connectivity index (χ0n) is 19.5. The summed E-state index contributed by atoms with van der Waals surface area (Å²) in [6, 6.07) is 22.7. The lowest BCUT2D eigenvalue weighted by Gasteiger charge is -2.32. The molecule has 3 aliphatic heterocycles. The maximum Gasteiger partial charge on any atom is 0.256 e. The molecule has 0 aromatic heterocycles. The molecule has 3 aliphatic rings. The lowest BCUT2D eigenvalue weighted by atomic mass is 9.77. The largest absolute Gasteiger partial charge is 0.489 e. The molecule has 180 valence electrons. The van der Waals surface area contributed by atoms with Crippen molar-refractivity contribution in [3.8, 4) is 11.8 Å². The van der Waals surface area contributed by atoms with Crippen molar-refractivity contribution in [2.45, 2.75) is 43.0 Å². The van der Waals surface area contributed by atoms with E-state index in [1.165, 1.54) is 0 Å². The van der Waals surface area contributed by atoms with Crippen LogP contribution in [-0.2, 0) is 16.9 Å². The summed E-state index contributed by atoms with van der Waals surface area (Å²) in [5, 5.41) is 25.2. The number of amides is 1. The van der Waals surface area contributed by atoms with Crippen molar-refractivity contribution >= 4 is 11.6 Å². The minimum Gasteiger partial charge on any atom is -0.489 e. The van der Waals surface area contributed by atoms with Crippen LogP contribution in [-0.4, -0.2) is 34.4 Å². The van der Waals surface area contributed by atoms with Crippen molar-refractivity contribution < 1.29 is 14.5 Å². The maximum atomic E-state index is 13.6. The third-order valence-electron chi connectivity index (χ3n) is 7.89. The van der Waals surface area contributed by atoms with E-state index >= 15 is 0 Å². The number of hydrogen-bond acceptors (Lipinski definition) is 6. The van der Waals surface area contributed by atoms with Gasteiger partial charge in [-0.15, -0.1) is 0 Å². The van der Waals surface area contributed by atoms with Crippen molar-refractivity contribution in [3.05, 3.63) is 105 Å². The molecule has 3 heterocycles. The highest BCUT2D eigenvalue weighted by Crippen LogP contribution is 2.58. The van der Waals surface area contributed by atoms with Gasteiger partial charge in [-0.25, -0.2) is 0 Å². The third-order valence-corrected chi connectivity index (χ3v) is 7.89. The van der Waals surface area contributed by atoms with Crippen molar-refractivity contribution in [2.75, 3.05) is 11.9 Å². The third kappa shape index (κ3) is 3.06. The Morgan fingerprint density at radius 3 is 2.69 bits per heavy atom. The number of nitrogens with zero attached hydrogens (tertiary/aromatic N) is 3. The van der Waals surface area contributed by atoms with Gasteiger partial charge < -0.3 is 10.1 Å². The van der Waals surface area contributed by atoms with Gasteiger partial charge in [0.05, 0.1) is 17.6 Å². The molecule has 36 heavy (non-hydrogen) atoms. The summed E-state index contributed by atoms with van der Waals surface area (Å²) in [7, 11) is 0. The Hall–Kier alpha value is -4.22. The van der Waals surface area contributed by atoms with E-state index in [9.17, 15) is 20.2 Å². The number of nitriles is 1. The molecule has 6 rings (SSSR count). The van der Waals surface area contributed by atoms with Gasteiger partial charge >= 0.3 is 0 Å². The summed E-state index contributed by atoms with van der Waals surface area (Å²) in [4.78, 5) is 28.3. The van der Waals surface area contributed by atoms with Crippen LogP contribution < -0.4 is 10.1 Å². The van der Waals surface area contributed by atoms with E-state index in [1.54, 1.807) is 18.2 Å². The first-order chi connectivity index (χ1) is 17.6. The van der Waals surface area contributed by atoms with E-state index in [-0.39, 0.29) is 23.5 Å². The zero-order chi connectivity index (χ0) is 24.9. The summed E-state index contributed by atoms with van der Waals surface area (Å²) in [5.41, 5.74) is 1.94. The monoisotopic (exact) mass is 480 g/mol. The number of anilines is 1. The maximum absolute atomic E-state index is 13.6. The fourth-order valence-electron chi connectivity index (χ4n) is 6.55. The second-order valence-electron chi connectivity index (χ2n) is 9.52. The smallest absolute Gasteiger partial charge is 0.256 e. The standard InChI is InChI=1S/C28H24N4O4/c29-16-18-8-1-2-9-19(18)17-36-24-14-6-3-10-20(24)25-23-13-7-15-31(23)28(26(25)32(34)35)21-11-4-5-12-22(21)30-27(28)33/h1-6,8-12,14,23,25-26H,7,13,15,17H2,(H,30,33)/t23-,25+,26-,28+/m0/s1. The van der Waals surface area contributed by atoms with Gasteiger partial charge in [-0.3, -0.25) is 19.8 Å². The molecule has 2 saturated heterocycles. The van der Waals surface area contributed by atoms with Crippen LogP contribution in [0.3, 0.4) is 0 Å². The predicted octanol–water partition coefficient (Wildman–Crippen LogP) is 4.19. The molecule has 0 aliphatic carbocycles. The van der Waals surface area contributed by atoms with E-state index in [1.807, 2.05) is 54.6 Å². The molecule has 3 aromatic rings. The first kappa shape index (κ1) is 22.3. The van der Waals surface area contributed by atoms with E-state index in [4.69, 9.17) is 4.74 Å². The molecule has 1 spiro atoms. The molecule has 0 bridgehead atoms. The SMILES string of the molecule is N#Cc1ccccc1COc1ccccc1[C@H]1[C@H]([N+](=O)[O-])[C@]2(C(=O)Nc3ccccc32)N2CCC[C@@H]12. The fourth-order valence-corrected chi connectivity index (χ4v) is 6.55. The Labute approximate surface area is 208 Å². The molecule has 3 aromatic carbocycles. The number of fused-ring (bicyclic) bond motifs is 4. The summed E-state index contributed by atoms with van der Waals surface area (Å²) >= 11 is 0. The van der Waals surface area contributed by atoms with E-state index in [0.29, 0.717) is 29.1 Å². The van der Waals surface area contributed by atoms with Crippen LogP contribution in [0, 0.1) is 21.4 Å². The normalized spacial score (nSPS) is 26.3. The summed E-state index contributed by atoms with van der Waals surface area (Å²) < 4.78 is 6.21. The number of benzene rings is 3. The molecule has 0 radical (unpaired) electrons. The Bertz CT molecular complexity index is 1420. The van der Waals surface area contributed by atoms with Crippen LogP contribution in [0.2, 0.25) is 0 Å². The quantitative estimate of drug-likeness (QED) is 0.433. The van der Waals surface area contributed by atoms with Crippen LogP contribution in [0.4, 0.5) is 5.69 Å². The average Bonchev–Trinajstić information content (AvgIpc) is 3.56. The van der Waals surface area contributed by atoms with Crippen LogP contribution >= 0.6 is 0 Å². The van der Waals surface area contributed by atoms with Gasteiger partial charge in [-0.05, 0) is 31.0 Å². The Morgan fingerprint density at radius 1 is 1.11 bits per heavy atom. The number of rotatable bonds is 5. The molecule has 8 heteroatoms. The Kier molecular flexibility index (Phi) is 5.23. The topological polar surface area (TPSA) is 108 Å². The van der Waals surface area contributed by atoms with Crippen molar-refractivity contribution in [3.63, 3.8) is 0 Å². The fraction of sp³-hybridized carbons (Fsp3) is 0.286. The van der Waals surface area contributed by atoms with Crippen molar-refractivity contribution in [1.82, 2.24) is 4.90 Å². The van der Waals surface area contributed by atoms with E-state index in [0.717, 1.165) is 24.0 Å². The number of ether oxygens (including phenoxy) is 1. The molecule has 0 saturated carbocycles. The minimum absolute atomic E-state index is 0.166. The van der Waals surface area contributed by atoms with Gasteiger partial charge in [0.1, 0.15) is 12.4 Å². The Balaban J connectivity index is 1.46. The van der Waals surface area contributed by atoms with Gasteiger partial charge in [0, 0.05) is 39.9 Å². The number of para-hydroxylation sites is 2. The van der Waals surface area contributed by atoms with Crippen LogP contribution in [0.25, 0.3) is 0 Å². The molecule has 1 N–H and O–H groups in total. The molecular formula is C28H24N4O4. The van der Waals surface area contributed by atoms with Crippen molar-refractivity contribution in [2.24, 2.45) is 0 Å². The molecule has 1 amide bonds. The highest BCUT2D eigenvalue weighted by molar-refractivity contribution is 6.07. The van der Waals surface area contributed by atoms with Gasteiger partial charge in [-0.2, -0.15) is 5.26 Å². The molecule has 2 fully saturated rings. The van der Waals surface area contributed by atoms with E-state index in [2.05, 4.69) is 16.3 Å². The van der Waals surface area contributed by atoms with Crippen molar-refractivity contribution in [1.29, 1.82) is 5.26 Å². The van der Waals surface area contributed by atoms with Gasteiger partial charge in [0.2, 0.25) is 0 Å².